The highest BCUT2D eigenvalue weighted by molar-refractivity contribution is 9.10. The van der Waals surface area contributed by atoms with Crippen molar-refractivity contribution in [2.24, 2.45) is 0 Å². The second-order valence-corrected chi connectivity index (χ2v) is 7.11. The Hall–Kier alpha value is -1.36. The first kappa shape index (κ1) is 16.0. The molecule has 0 N–H and O–H groups in total. The minimum atomic E-state index is -0.536. The molecule has 1 atom stereocenters. The predicted molar refractivity (Wildman–Crippen MR) is 84.0 cm³/mol. The Balaban J connectivity index is 2.13. The van der Waals surface area contributed by atoms with Gasteiger partial charge in [0.25, 0.3) is 5.91 Å². The van der Waals surface area contributed by atoms with Crippen LogP contribution in [0.15, 0.2) is 28.7 Å². The number of ether oxygens (including phenoxy) is 1. The molecule has 1 fully saturated rings. The molecular formula is C16H20BrNO3. The summed E-state index contributed by atoms with van der Waals surface area (Å²) in [6.07, 6.45) is 1.49. The van der Waals surface area contributed by atoms with Crippen molar-refractivity contribution in [3.05, 3.63) is 34.3 Å². The van der Waals surface area contributed by atoms with Crippen LogP contribution in [0.2, 0.25) is 0 Å². The fourth-order valence-electron chi connectivity index (χ4n) is 2.38. The highest BCUT2D eigenvalue weighted by atomic mass is 79.9. The van der Waals surface area contributed by atoms with Gasteiger partial charge in [-0.3, -0.25) is 4.79 Å². The zero-order valence-electron chi connectivity index (χ0n) is 12.6. The number of benzene rings is 1. The van der Waals surface area contributed by atoms with Crippen LogP contribution in [0.5, 0.6) is 0 Å². The third-order valence-corrected chi connectivity index (χ3v) is 3.81. The highest BCUT2D eigenvalue weighted by Crippen LogP contribution is 2.23. The Kier molecular flexibility index (Phi) is 4.71. The smallest absolute Gasteiger partial charge is 0.329 e. The average Bonchev–Trinajstić information content (AvgIpc) is 2.86. The van der Waals surface area contributed by atoms with Gasteiger partial charge >= 0.3 is 5.97 Å². The van der Waals surface area contributed by atoms with Crippen LogP contribution in [0.25, 0.3) is 0 Å². The van der Waals surface area contributed by atoms with E-state index in [0.717, 1.165) is 10.9 Å². The maximum Gasteiger partial charge on any atom is 0.329 e. The Bertz CT molecular complexity index is 533. The van der Waals surface area contributed by atoms with E-state index in [0.29, 0.717) is 18.5 Å². The summed E-state index contributed by atoms with van der Waals surface area (Å²) in [5.41, 5.74) is 0.0556. The fraction of sp³-hybridized carbons (Fsp3) is 0.500. The third kappa shape index (κ3) is 4.06. The summed E-state index contributed by atoms with van der Waals surface area (Å²) < 4.78 is 6.34. The topological polar surface area (TPSA) is 46.6 Å². The molecule has 114 valence electrons. The van der Waals surface area contributed by atoms with Gasteiger partial charge in [-0.25, -0.2) is 4.79 Å². The second kappa shape index (κ2) is 6.18. The number of hydrogen-bond acceptors (Lipinski definition) is 3. The molecule has 1 aliphatic rings. The van der Waals surface area contributed by atoms with E-state index >= 15 is 0 Å². The molecule has 21 heavy (non-hydrogen) atoms. The summed E-state index contributed by atoms with van der Waals surface area (Å²) in [6, 6.07) is 6.70. The molecule has 5 heteroatoms. The van der Waals surface area contributed by atoms with Crippen LogP contribution < -0.4 is 0 Å². The Labute approximate surface area is 133 Å². The second-order valence-electron chi connectivity index (χ2n) is 6.20. The van der Waals surface area contributed by atoms with Crippen LogP contribution in [0, 0.1) is 0 Å². The number of carbonyl (C=O) groups is 2. The lowest BCUT2D eigenvalue weighted by atomic mass is 10.1. The van der Waals surface area contributed by atoms with Crippen LogP contribution in [0.3, 0.4) is 0 Å². The number of rotatable bonds is 2. The van der Waals surface area contributed by atoms with Crippen molar-refractivity contribution in [2.75, 3.05) is 6.54 Å². The number of nitrogens with zero attached hydrogens (tertiary/aromatic N) is 1. The normalized spacial score (nSPS) is 18.7. The van der Waals surface area contributed by atoms with E-state index in [1.54, 1.807) is 17.0 Å². The summed E-state index contributed by atoms with van der Waals surface area (Å²) in [4.78, 5) is 26.4. The Morgan fingerprint density at radius 1 is 1.24 bits per heavy atom. The van der Waals surface area contributed by atoms with Gasteiger partial charge in [0.15, 0.2) is 0 Å². The molecule has 1 amide bonds. The van der Waals surface area contributed by atoms with E-state index in [-0.39, 0.29) is 11.9 Å². The number of hydrogen-bond donors (Lipinski definition) is 0. The van der Waals surface area contributed by atoms with Gasteiger partial charge in [0.1, 0.15) is 11.6 Å². The lowest BCUT2D eigenvalue weighted by Crippen LogP contribution is -2.43. The number of amides is 1. The standard InChI is InChI=1S/C16H20BrNO3/c1-16(2,3)21-15(20)13-5-4-10-18(13)14(19)11-6-8-12(17)9-7-11/h6-9,13H,4-5,10H2,1-3H3/t13-/m0/s1. The number of likely N-dealkylation sites (tertiary alicyclic amines) is 1. The van der Waals surface area contributed by atoms with Crippen LogP contribution in [0.4, 0.5) is 0 Å². The molecule has 1 aliphatic heterocycles. The first-order valence-electron chi connectivity index (χ1n) is 7.07. The predicted octanol–water partition coefficient (Wildman–Crippen LogP) is 3.40. The molecule has 0 bridgehead atoms. The van der Waals surface area contributed by atoms with Crippen molar-refractivity contribution < 1.29 is 14.3 Å². The number of carbonyl (C=O) groups excluding carboxylic acids is 2. The molecule has 0 radical (unpaired) electrons. The zero-order chi connectivity index (χ0) is 15.6. The molecule has 2 rings (SSSR count). The van der Waals surface area contributed by atoms with Crippen molar-refractivity contribution in [2.45, 2.75) is 45.3 Å². The van der Waals surface area contributed by atoms with Gasteiger partial charge < -0.3 is 9.64 Å². The highest BCUT2D eigenvalue weighted by Gasteiger charge is 2.37. The first-order chi connectivity index (χ1) is 9.78. The van der Waals surface area contributed by atoms with Crippen LogP contribution in [0.1, 0.15) is 44.0 Å². The van der Waals surface area contributed by atoms with E-state index in [1.165, 1.54) is 0 Å². The number of esters is 1. The summed E-state index contributed by atoms with van der Waals surface area (Å²) >= 11 is 3.35. The first-order valence-corrected chi connectivity index (χ1v) is 7.86. The van der Waals surface area contributed by atoms with Gasteiger partial charge in [0.05, 0.1) is 0 Å². The summed E-state index contributed by atoms with van der Waals surface area (Å²) in [6.45, 7) is 6.10. The molecule has 0 saturated carbocycles. The maximum atomic E-state index is 12.5. The van der Waals surface area contributed by atoms with Gasteiger partial charge in [-0.15, -0.1) is 0 Å². The van der Waals surface area contributed by atoms with E-state index in [4.69, 9.17) is 4.74 Å². The lowest BCUT2D eigenvalue weighted by Gasteiger charge is -2.27. The monoisotopic (exact) mass is 353 g/mol. The Morgan fingerprint density at radius 2 is 1.86 bits per heavy atom. The lowest BCUT2D eigenvalue weighted by molar-refractivity contribution is -0.159. The average molecular weight is 354 g/mol. The summed E-state index contributed by atoms with van der Waals surface area (Å²) in [7, 11) is 0. The van der Waals surface area contributed by atoms with Crippen molar-refractivity contribution in [1.82, 2.24) is 4.90 Å². The van der Waals surface area contributed by atoms with Crippen molar-refractivity contribution in [3.8, 4) is 0 Å². The van der Waals surface area contributed by atoms with E-state index in [1.807, 2.05) is 32.9 Å². The molecule has 1 heterocycles. The van der Waals surface area contributed by atoms with E-state index < -0.39 is 11.6 Å². The molecule has 4 nitrogen and oxygen atoms in total. The molecule has 0 spiro atoms. The van der Waals surface area contributed by atoms with Gasteiger partial charge in [-0.05, 0) is 57.9 Å². The summed E-state index contributed by atoms with van der Waals surface area (Å²) in [5.74, 6) is -0.429. The van der Waals surface area contributed by atoms with Crippen molar-refractivity contribution in [1.29, 1.82) is 0 Å². The van der Waals surface area contributed by atoms with Crippen LogP contribution in [-0.2, 0) is 9.53 Å². The summed E-state index contributed by atoms with van der Waals surface area (Å²) in [5, 5.41) is 0. The molecule has 1 saturated heterocycles. The SMILES string of the molecule is CC(C)(C)OC(=O)[C@@H]1CCCN1C(=O)c1ccc(Br)cc1. The molecule has 0 unspecified atom stereocenters. The van der Waals surface area contributed by atoms with Crippen LogP contribution >= 0.6 is 15.9 Å². The van der Waals surface area contributed by atoms with Crippen molar-refractivity contribution in [3.63, 3.8) is 0 Å². The fourth-order valence-corrected chi connectivity index (χ4v) is 2.65. The minimum absolute atomic E-state index is 0.115. The molecule has 0 aromatic heterocycles. The third-order valence-electron chi connectivity index (χ3n) is 3.28. The molecule has 1 aromatic carbocycles. The van der Waals surface area contributed by atoms with E-state index in [2.05, 4.69) is 15.9 Å². The Morgan fingerprint density at radius 3 is 2.43 bits per heavy atom. The van der Waals surface area contributed by atoms with Gasteiger partial charge in [-0.1, -0.05) is 15.9 Å². The van der Waals surface area contributed by atoms with Crippen molar-refractivity contribution >= 4 is 27.8 Å². The zero-order valence-corrected chi connectivity index (χ0v) is 14.1. The minimum Gasteiger partial charge on any atom is -0.458 e. The van der Waals surface area contributed by atoms with Crippen LogP contribution in [-0.4, -0.2) is 35.0 Å². The quantitative estimate of drug-likeness (QED) is 0.765. The van der Waals surface area contributed by atoms with Gasteiger partial charge in [0, 0.05) is 16.6 Å². The number of halogens is 1. The maximum absolute atomic E-state index is 12.5. The van der Waals surface area contributed by atoms with Gasteiger partial charge in [-0.2, -0.15) is 0 Å². The molecule has 0 aliphatic carbocycles. The largest absolute Gasteiger partial charge is 0.458 e. The molecule has 1 aromatic rings. The van der Waals surface area contributed by atoms with Gasteiger partial charge in [0.2, 0.25) is 0 Å². The van der Waals surface area contributed by atoms with E-state index in [9.17, 15) is 9.59 Å². The molecular weight excluding hydrogens is 334 g/mol.